The van der Waals surface area contributed by atoms with Gasteiger partial charge >= 0.3 is 0 Å². The normalized spacial score (nSPS) is 8.67. The minimum absolute atomic E-state index is 0.156. The molecule has 1 aromatic rings. The second-order valence-corrected chi connectivity index (χ2v) is 1.76. The summed E-state index contributed by atoms with van der Waals surface area (Å²) in [6.07, 6.45) is 1.27. The van der Waals surface area contributed by atoms with Gasteiger partial charge < -0.3 is 9.47 Å². The Hall–Kier alpha value is -1.91. The molecule has 0 aliphatic rings. The highest BCUT2D eigenvalue weighted by atomic mass is 16.5. The molecule has 62 valence electrons. The van der Waals surface area contributed by atoms with Gasteiger partial charge in [0.2, 0.25) is 5.88 Å². The van der Waals surface area contributed by atoms with Crippen molar-refractivity contribution in [1.82, 2.24) is 4.98 Å². The quantitative estimate of drug-likeness (QED) is 0.597. The predicted octanol–water partition coefficient (Wildman–Crippen LogP) is 0.152. The van der Waals surface area contributed by atoms with Gasteiger partial charge in [-0.2, -0.15) is 0 Å². The molecule has 0 N–H and O–H groups in total. The summed E-state index contributed by atoms with van der Waals surface area (Å²) in [6, 6.07) is 2.87. The van der Waals surface area contributed by atoms with E-state index in [2.05, 4.69) is 14.5 Å². The molecule has 0 spiro atoms. The van der Waals surface area contributed by atoms with E-state index in [9.17, 15) is 9.59 Å². The zero-order valence-electron chi connectivity index (χ0n) is 5.97. The predicted molar refractivity (Wildman–Crippen MR) is 37.6 cm³/mol. The van der Waals surface area contributed by atoms with Crippen molar-refractivity contribution in [3.63, 3.8) is 0 Å². The molecule has 0 fully saturated rings. The fraction of sp³-hybridized carbons (Fsp3) is 0. The topological polar surface area (TPSA) is 65.5 Å². The van der Waals surface area contributed by atoms with Gasteiger partial charge in [0.05, 0.1) is 6.20 Å². The first kappa shape index (κ1) is 8.19. The summed E-state index contributed by atoms with van der Waals surface area (Å²) in [4.78, 5) is 23.3. The average Bonchev–Trinajstić information content (AvgIpc) is 2.09. The second kappa shape index (κ2) is 4.07. The first-order valence-electron chi connectivity index (χ1n) is 3.03. The molecule has 1 aromatic heterocycles. The third-order valence-electron chi connectivity index (χ3n) is 1.06. The van der Waals surface area contributed by atoms with E-state index in [1.807, 2.05) is 0 Å². The molecule has 0 saturated heterocycles. The molecule has 1 heterocycles. The number of ether oxygens (including phenoxy) is 2. The van der Waals surface area contributed by atoms with Crippen molar-refractivity contribution < 1.29 is 19.1 Å². The molecule has 1 rings (SSSR count). The van der Waals surface area contributed by atoms with Crippen LogP contribution in [0.25, 0.3) is 0 Å². The lowest BCUT2D eigenvalue weighted by atomic mass is 10.4. The third-order valence-corrected chi connectivity index (χ3v) is 1.06. The molecule has 12 heavy (non-hydrogen) atoms. The van der Waals surface area contributed by atoms with Crippen LogP contribution in [0.4, 0.5) is 0 Å². The monoisotopic (exact) mass is 167 g/mol. The van der Waals surface area contributed by atoms with E-state index in [1.165, 1.54) is 18.3 Å². The lowest BCUT2D eigenvalue weighted by molar-refractivity contribution is -0.122. The van der Waals surface area contributed by atoms with E-state index in [1.54, 1.807) is 0 Å². The first-order valence-corrected chi connectivity index (χ1v) is 3.03. The Morgan fingerprint density at radius 2 is 1.92 bits per heavy atom. The second-order valence-electron chi connectivity index (χ2n) is 1.76. The van der Waals surface area contributed by atoms with Crippen LogP contribution in [0.5, 0.6) is 11.6 Å². The Morgan fingerprint density at radius 1 is 1.17 bits per heavy atom. The molecule has 5 nitrogen and oxygen atoms in total. The molecule has 0 aliphatic heterocycles. The van der Waals surface area contributed by atoms with E-state index >= 15 is 0 Å². The molecule has 0 amide bonds. The highest BCUT2D eigenvalue weighted by Crippen LogP contribution is 2.11. The fourth-order valence-corrected chi connectivity index (χ4v) is 0.611. The molecule has 0 unspecified atom stereocenters. The van der Waals surface area contributed by atoms with E-state index < -0.39 is 0 Å². The van der Waals surface area contributed by atoms with Crippen LogP contribution in [0.1, 0.15) is 0 Å². The van der Waals surface area contributed by atoms with Crippen molar-refractivity contribution in [1.29, 1.82) is 0 Å². The van der Waals surface area contributed by atoms with Crippen LogP contribution >= 0.6 is 0 Å². The summed E-state index contributed by atoms with van der Waals surface area (Å²) in [7, 11) is 0. The van der Waals surface area contributed by atoms with Gasteiger partial charge in [0.1, 0.15) is 5.75 Å². The maximum absolute atomic E-state index is 9.85. The Labute approximate surface area is 67.9 Å². The summed E-state index contributed by atoms with van der Waals surface area (Å²) in [5.74, 6) is 0.450. The number of carbonyl (C=O) groups is 2. The standard InChI is InChI=1S/C7H5NO4/c9-4-11-6-1-2-7(8-3-6)12-5-10/h1-5H. The van der Waals surface area contributed by atoms with Crippen molar-refractivity contribution in [3.05, 3.63) is 18.3 Å². The molecule has 0 aliphatic carbocycles. The number of aromatic nitrogens is 1. The van der Waals surface area contributed by atoms with Crippen LogP contribution in [-0.2, 0) is 9.59 Å². The van der Waals surface area contributed by atoms with E-state index in [0.717, 1.165) is 0 Å². The Balaban J connectivity index is 2.70. The highest BCUT2D eigenvalue weighted by molar-refractivity contribution is 5.46. The average molecular weight is 167 g/mol. The Bertz CT molecular complexity index is 240. The zero-order chi connectivity index (χ0) is 8.81. The van der Waals surface area contributed by atoms with Gasteiger partial charge in [-0.15, -0.1) is 0 Å². The summed E-state index contributed by atoms with van der Waals surface area (Å²) < 4.78 is 8.86. The molecular formula is C7H5NO4. The third kappa shape index (κ3) is 2.05. The first-order chi connectivity index (χ1) is 5.86. The van der Waals surface area contributed by atoms with Crippen molar-refractivity contribution in [2.75, 3.05) is 0 Å². The summed E-state index contributed by atoms with van der Waals surface area (Å²) in [5, 5.41) is 0. The highest BCUT2D eigenvalue weighted by Gasteiger charge is 1.95. The Kier molecular flexibility index (Phi) is 2.78. The van der Waals surface area contributed by atoms with Crippen molar-refractivity contribution >= 4 is 12.9 Å². The largest absolute Gasteiger partial charge is 0.427 e. The van der Waals surface area contributed by atoms with Gasteiger partial charge in [0.25, 0.3) is 12.9 Å². The van der Waals surface area contributed by atoms with Gasteiger partial charge in [-0.05, 0) is 6.07 Å². The van der Waals surface area contributed by atoms with Crippen LogP contribution in [0.2, 0.25) is 0 Å². The van der Waals surface area contributed by atoms with Crippen LogP contribution in [0.15, 0.2) is 18.3 Å². The van der Waals surface area contributed by atoms with Crippen LogP contribution in [0, 0.1) is 0 Å². The maximum atomic E-state index is 9.85. The van der Waals surface area contributed by atoms with Crippen molar-refractivity contribution in [2.24, 2.45) is 0 Å². The molecule has 5 heteroatoms. The van der Waals surface area contributed by atoms with Gasteiger partial charge in [-0.25, -0.2) is 4.98 Å². The lowest BCUT2D eigenvalue weighted by Crippen LogP contribution is -1.93. The maximum Gasteiger partial charge on any atom is 0.299 e. The molecule has 0 bridgehead atoms. The molecule has 0 aromatic carbocycles. The minimum Gasteiger partial charge on any atom is -0.427 e. The summed E-state index contributed by atoms with van der Waals surface area (Å²) >= 11 is 0. The lowest BCUT2D eigenvalue weighted by Gasteiger charge is -1.97. The van der Waals surface area contributed by atoms with Gasteiger partial charge in [0, 0.05) is 6.07 Å². The van der Waals surface area contributed by atoms with Crippen LogP contribution < -0.4 is 9.47 Å². The van der Waals surface area contributed by atoms with Gasteiger partial charge in [0.15, 0.2) is 0 Å². The SMILES string of the molecule is O=COc1ccc(OC=O)nc1. The van der Waals surface area contributed by atoms with Crippen molar-refractivity contribution in [2.45, 2.75) is 0 Å². The number of nitrogens with zero attached hydrogens (tertiary/aromatic N) is 1. The number of hydrogen-bond acceptors (Lipinski definition) is 5. The molecule has 0 saturated carbocycles. The van der Waals surface area contributed by atoms with Crippen molar-refractivity contribution in [3.8, 4) is 11.6 Å². The van der Waals surface area contributed by atoms with Crippen LogP contribution in [-0.4, -0.2) is 17.9 Å². The molecule has 0 atom stereocenters. The van der Waals surface area contributed by atoms with E-state index in [4.69, 9.17) is 0 Å². The van der Waals surface area contributed by atoms with Crippen LogP contribution in [0.3, 0.4) is 0 Å². The number of hydrogen-bond donors (Lipinski definition) is 0. The number of rotatable bonds is 4. The van der Waals surface area contributed by atoms with Gasteiger partial charge in [-0.3, -0.25) is 9.59 Å². The summed E-state index contributed by atoms with van der Waals surface area (Å²) in [5.41, 5.74) is 0. The molecular weight excluding hydrogens is 162 g/mol. The van der Waals surface area contributed by atoms with E-state index in [-0.39, 0.29) is 18.8 Å². The number of carbonyl (C=O) groups excluding carboxylic acids is 2. The smallest absolute Gasteiger partial charge is 0.299 e. The fourth-order valence-electron chi connectivity index (χ4n) is 0.611. The minimum atomic E-state index is 0.156. The Morgan fingerprint density at radius 3 is 2.42 bits per heavy atom. The van der Waals surface area contributed by atoms with Gasteiger partial charge in [-0.1, -0.05) is 0 Å². The number of pyridine rings is 1. The molecule has 0 radical (unpaired) electrons. The summed E-state index contributed by atoms with van der Waals surface area (Å²) in [6.45, 7) is 0.555. The zero-order valence-corrected chi connectivity index (χ0v) is 5.97. The van der Waals surface area contributed by atoms with E-state index in [0.29, 0.717) is 5.75 Å².